The summed E-state index contributed by atoms with van der Waals surface area (Å²) in [6.45, 7) is 2.20. The fourth-order valence-corrected chi connectivity index (χ4v) is 3.52. The van der Waals surface area contributed by atoms with Crippen LogP contribution < -0.4 is 5.32 Å². The fourth-order valence-electron chi connectivity index (χ4n) is 2.51. The molecule has 0 spiro atoms. The number of rotatable bonds is 5. The third-order valence-electron chi connectivity index (χ3n) is 3.65. The predicted molar refractivity (Wildman–Crippen MR) is 84.4 cm³/mol. The van der Waals surface area contributed by atoms with Crippen molar-refractivity contribution in [1.29, 1.82) is 0 Å². The Hall–Kier alpha value is -1.65. The smallest absolute Gasteiger partial charge is 0.0709 e. The van der Waals surface area contributed by atoms with Crippen molar-refractivity contribution in [1.82, 2.24) is 14.9 Å². The van der Waals surface area contributed by atoms with E-state index in [2.05, 4.69) is 41.6 Å². The van der Waals surface area contributed by atoms with Crippen molar-refractivity contribution in [3.63, 3.8) is 0 Å². The second-order valence-corrected chi connectivity index (χ2v) is 6.15. The highest BCUT2D eigenvalue weighted by Gasteiger charge is 2.16. The molecule has 1 unspecified atom stereocenters. The van der Waals surface area contributed by atoms with Crippen molar-refractivity contribution < 1.29 is 0 Å². The number of pyridine rings is 1. The van der Waals surface area contributed by atoms with Crippen molar-refractivity contribution in [2.75, 3.05) is 7.05 Å². The minimum absolute atomic E-state index is 0.304. The maximum absolute atomic E-state index is 4.43. The van der Waals surface area contributed by atoms with Gasteiger partial charge in [-0.3, -0.25) is 0 Å². The third kappa shape index (κ3) is 2.49. The molecule has 104 valence electrons. The Kier molecular flexibility index (Phi) is 3.85. The molecule has 0 saturated heterocycles. The molecule has 3 aromatic rings. The Bertz CT molecular complexity index is 698. The van der Waals surface area contributed by atoms with Gasteiger partial charge in [0.2, 0.25) is 0 Å². The molecule has 3 nitrogen and oxygen atoms in total. The average Bonchev–Trinajstić information content (AvgIpc) is 3.11. The van der Waals surface area contributed by atoms with Crippen LogP contribution in [0.3, 0.4) is 0 Å². The number of thiophene rings is 1. The lowest BCUT2D eigenvalue weighted by atomic mass is 10.0. The molecule has 0 aliphatic carbocycles. The Labute approximate surface area is 123 Å². The minimum Gasteiger partial charge on any atom is -0.313 e. The Balaban J connectivity index is 1.89. The number of aromatic nitrogens is 2. The van der Waals surface area contributed by atoms with Gasteiger partial charge in [-0.15, -0.1) is 11.3 Å². The number of hydrogen-bond acceptors (Lipinski definition) is 3. The Morgan fingerprint density at radius 3 is 2.85 bits per heavy atom. The summed E-state index contributed by atoms with van der Waals surface area (Å²) in [6, 6.07) is 11.0. The molecule has 0 saturated carbocycles. The van der Waals surface area contributed by atoms with E-state index in [0.717, 1.165) is 12.8 Å². The van der Waals surface area contributed by atoms with E-state index in [1.807, 2.05) is 41.4 Å². The lowest BCUT2D eigenvalue weighted by molar-refractivity contribution is 0.600. The summed E-state index contributed by atoms with van der Waals surface area (Å²) >= 11 is 1.91. The van der Waals surface area contributed by atoms with E-state index in [1.54, 1.807) is 0 Å². The first-order valence-corrected chi connectivity index (χ1v) is 7.80. The van der Waals surface area contributed by atoms with Gasteiger partial charge in [0, 0.05) is 34.0 Å². The Morgan fingerprint density at radius 2 is 2.10 bits per heavy atom. The number of likely N-dealkylation sites (N-methyl/N-ethyl adjacent to an activating group) is 1. The fraction of sp³-hybridized carbons (Fsp3) is 0.312. The predicted octanol–water partition coefficient (Wildman–Crippen LogP) is 3.46. The monoisotopic (exact) mass is 285 g/mol. The molecular weight excluding hydrogens is 266 g/mol. The molecule has 4 heteroatoms. The molecule has 1 atom stereocenters. The molecule has 0 aliphatic heterocycles. The second kappa shape index (κ2) is 5.77. The molecule has 0 radical (unpaired) electrons. The molecule has 3 aromatic heterocycles. The molecule has 1 N–H and O–H groups in total. The zero-order valence-electron chi connectivity index (χ0n) is 11.8. The van der Waals surface area contributed by atoms with Crippen LogP contribution in [0.1, 0.15) is 28.3 Å². The number of fused-ring (bicyclic) bond motifs is 1. The van der Waals surface area contributed by atoms with E-state index in [4.69, 9.17) is 0 Å². The van der Waals surface area contributed by atoms with Crippen molar-refractivity contribution in [3.05, 3.63) is 58.0 Å². The minimum atomic E-state index is 0.304. The van der Waals surface area contributed by atoms with Crippen LogP contribution in [0.25, 0.3) is 5.52 Å². The van der Waals surface area contributed by atoms with E-state index in [0.29, 0.717) is 6.04 Å². The number of nitrogens with one attached hydrogen (secondary N) is 1. The summed E-state index contributed by atoms with van der Waals surface area (Å²) in [6.07, 6.45) is 6.10. The zero-order valence-corrected chi connectivity index (χ0v) is 12.7. The summed E-state index contributed by atoms with van der Waals surface area (Å²) in [5, 5.41) is 7.86. The number of hydrogen-bond donors (Lipinski definition) is 1. The molecule has 0 bridgehead atoms. The van der Waals surface area contributed by atoms with Crippen molar-refractivity contribution in [2.24, 2.45) is 0 Å². The van der Waals surface area contributed by atoms with E-state index in [-0.39, 0.29) is 0 Å². The van der Waals surface area contributed by atoms with Crippen molar-refractivity contribution >= 4 is 16.9 Å². The largest absolute Gasteiger partial charge is 0.313 e. The molecule has 0 aliphatic rings. The molecule has 3 heterocycles. The van der Waals surface area contributed by atoms with Crippen LogP contribution in [-0.4, -0.2) is 16.7 Å². The summed E-state index contributed by atoms with van der Waals surface area (Å²) in [7, 11) is 2.02. The van der Waals surface area contributed by atoms with E-state index < -0.39 is 0 Å². The van der Waals surface area contributed by atoms with Gasteiger partial charge in [-0.05, 0) is 37.7 Å². The number of nitrogens with zero attached hydrogens (tertiary/aromatic N) is 2. The zero-order chi connectivity index (χ0) is 13.9. The van der Waals surface area contributed by atoms with Gasteiger partial charge < -0.3 is 5.32 Å². The molecule has 0 amide bonds. The standard InChI is InChI=1S/C16H19N3S/c1-3-12-7-8-13(20-12)10-15(17-2)14-11-18-19-9-5-4-6-16(14)19/h4-9,11,15,17H,3,10H2,1-2H3. The van der Waals surface area contributed by atoms with Crippen LogP contribution in [0.5, 0.6) is 0 Å². The molecule has 0 aromatic carbocycles. The summed E-state index contributed by atoms with van der Waals surface area (Å²) in [5.41, 5.74) is 2.44. The lowest BCUT2D eigenvalue weighted by Gasteiger charge is -2.14. The summed E-state index contributed by atoms with van der Waals surface area (Å²) in [4.78, 5) is 2.88. The van der Waals surface area contributed by atoms with Gasteiger partial charge in [-0.2, -0.15) is 5.10 Å². The normalized spacial score (nSPS) is 12.9. The maximum Gasteiger partial charge on any atom is 0.0709 e. The van der Waals surface area contributed by atoms with Gasteiger partial charge >= 0.3 is 0 Å². The van der Waals surface area contributed by atoms with Crippen LogP contribution >= 0.6 is 11.3 Å². The van der Waals surface area contributed by atoms with Gasteiger partial charge in [0.15, 0.2) is 0 Å². The van der Waals surface area contributed by atoms with Crippen LogP contribution in [0.2, 0.25) is 0 Å². The third-order valence-corrected chi connectivity index (χ3v) is 4.90. The highest BCUT2D eigenvalue weighted by molar-refractivity contribution is 7.11. The second-order valence-electron chi connectivity index (χ2n) is 4.90. The summed E-state index contributed by atoms with van der Waals surface area (Å²) in [5.74, 6) is 0. The highest BCUT2D eigenvalue weighted by Crippen LogP contribution is 2.26. The van der Waals surface area contributed by atoms with Crippen LogP contribution in [0.15, 0.2) is 42.7 Å². The van der Waals surface area contributed by atoms with E-state index >= 15 is 0 Å². The first-order valence-electron chi connectivity index (χ1n) is 6.99. The molecule has 0 fully saturated rings. The van der Waals surface area contributed by atoms with E-state index in [9.17, 15) is 0 Å². The van der Waals surface area contributed by atoms with E-state index in [1.165, 1.54) is 20.8 Å². The van der Waals surface area contributed by atoms with Crippen LogP contribution in [0, 0.1) is 0 Å². The number of aryl methyl sites for hydroxylation is 1. The Morgan fingerprint density at radius 1 is 1.25 bits per heavy atom. The maximum atomic E-state index is 4.43. The van der Waals surface area contributed by atoms with Gasteiger partial charge in [0.25, 0.3) is 0 Å². The first-order chi connectivity index (χ1) is 9.81. The quantitative estimate of drug-likeness (QED) is 0.778. The van der Waals surface area contributed by atoms with Crippen LogP contribution in [-0.2, 0) is 12.8 Å². The first kappa shape index (κ1) is 13.3. The molecule has 20 heavy (non-hydrogen) atoms. The van der Waals surface area contributed by atoms with Gasteiger partial charge in [-0.1, -0.05) is 13.0 Å². The van der Waals surface area contributed by atoms with Gasteiger partial charge in [0.05, 0.1) is 11.7 Å². The van der Waals surface area contributed by atoms with Gasteiger partial charge in [-0.25, -0.2) is 4.52 Å². The topological polar surface area (TPSA) is 29.3 Å². The average molecular weight is 285 g/mol. The van der Waals surface area contributed by atoms with Crippen LogP contribution in [0.4, 0.5) is 0 Å². The van der Waals surface area contributed by atoms with Crippen molar-refractivity contribution in [2.45, 2.75) is 25.8 Å². The highest BCUT2D eigenvalue weighted by atomic mass is 32.1. The van der Waals surface area contributed by atoms with Gasteiger partial charge in [0.1, 0.15) is 0 Å². The lowest BCUT2D eigenvalue weighted by Crippen LogP contribution is -2.18. The molecular formula is C16H19N3S. The summed E-state index contributed by atoms with van der Waals surface area (Å²) < 4.78 is 1.94. The van der Waals surface area contributed by atoms with Crippen molar-refractivity contribution in [3.8, 4) is 0 Å². The molecule has 3 rings (SSSR count). The SMILES string of the molecule is CCc1ccc(CC(NC)c2cnn3ccccc23)s1.